The number of tetrazole rings is 1. The van der Waals surface area contributed by atoms with Gasteiger partial charge in [0.15, 0.2) is 5.82 Å². The lowest BCUT2D eigenvalue weighted by molar-refractivity contribution is -0.135. The van der Waals surface area contributed by atoms with Gasteiger partial charge in [-0.05, 0) is 49.0 Å². The number of likely N-dealkylation sites (N-methyl/N-ethyl adjacent to an activating group) is 1. The Morgan fingerprint density at radius 1 is 1.11 bits per heavy atom. The van der Waals surface area contributed by atoms with Crippen LogP contribution in [0.1, 0.15) is 30.3 Å². The smallest absolute Gasteiger partial charge is 0.244 e. The largest absolute Gasteiger partial charge is 0.338 e. The van der Waals surface area contributed by atoms with E-state index in [-0.39, 0.29) is 18.5 Å². The summed E-state index contributed by atoms with van der Waals surface area (Å²) >= 11 is 0. The molecule has 1 amide bonds. The predicted octanol–water partition coefficient (Wildman–Crippen LogP) is 0.784. The molecule has 0 saturated carbocycles. The van der Waals surface area contributed by atoms with Gasteiger partial charge in [0.25, 0.3) is 0 Å². The van der Waals surface area contributed by atoms with Crippen LogP contribution in [0.2, 0.25) is 0 Å². The first-order valence-corrected chi connectivity index (χ1v) is 9.71. The molecule has 1 aromatic carbocycles. The minimum Gasteiger partial charge on any atom is -0.338 e. The Morgan fingerprint density at radius 3 is 2.67 bits per heavy atom. The molecule has 0 aliphatic carbocycles. The molecule has 0 radical (unpaired) electrons. The van der Waals surface area contributed by atoms with Gasteiger partial charge in [0.05, 0.1) is 12.6 Å². The summed E-state index contributed by atoms with van der Waals surface area (Å²) in [4.78, 5) is 19.5. The lowest BCUT2D eigenvalue weighted by atomic mass is 10.0. The number of carbonyl (C=O) groups is 1. The molecule has 0 bridgehead atoms. The zero-order chi connectivity index (χ0) is 18.6. The van der Waals surface area contributed by atoms with Crippen LogP contribution in [0.25, 0.3) is 0 Å². The van der Waals surface area contributed by atoms with Crippen LogP contribution in [0, 0.1) is 0 Å². The number of nitrogens with zero attached hydrogens (tertiary/aromatic N) is 7. The maximum absolute atomic E-state index is 12.9. The summed E-state index contributed by atoms with van der Waals surface area (Å²) < 4.78 is 1.66. The van der Waals surface area contributed by atoms with Crippen LogP contribution in [0.4, 0.5) is 0 Å². The van der Waals surface area contributed by atoms with Crippen molar-refractivity contribution in [2.75, 3.05) is 39.8 Å². The molecule has 1 aromatic heterocycles. The SMILES string of the molecule is CN1CCN(C(=O)Cn2nnnc2CN2CCCC2)CC1c1ccccc1. The van der Waals surface area contributed by atoms with Crippen LogP contribution in [0.15, 0.2) is 30.3 Å². The van der Waals surface area contributed by atoms with E-state index in [9.17, 15) is 4.79 Å². The summed E-state index contributed by atoms with van der Waals surface area (Å²) in [6.07, 6.45) is 2.45. The summed E-state index contributed by atoms with van der Waals surface area (Å²) in [5.41, 5.74) is 1.25. The average Bonchev–Trinajstić information content (AvgIpc) is 3.36. The second kappa shape index (κ2) is 8.14. The molecule has 1 unspecified atom stereocenters. The fraction of sp³-hybridized carbons (Fsp3) is 0.579. The molecular weight excluding hydrogens is 342 g/mol. The van der Waals surface area contributed by atoms with Crippen molar-refractivity contribution in [2.45, 2.75) is 32.0 Å². The molecule has 8 heteroatoms. The normalized spacial score (nSPS) is 21.7. The van der Waals surface area contributed by atoms with Crippen molar-refractivity contribution < 1.29 is 4.79 Å². The second-order valence-electron chi connectivity index (χ2n) is 7.48. The number of rotatable bonds is 5. The van der Waals surface area contributed by atoms with E-state index in [1.165, 1.54) is 18.4 Å². The van der Waals surface area contributed by atoms with Gasteiger partial charge in [-0.3, -0.25) is 14.6 Å². The minimum atomic E-state index is 0.0824. The number of aromatic nitrogens is 4. The predicted molar refractivity (Wildman–Crippen MR) is 101 cm³/mol. The molecular formula is C19H27N7O. The summed E-state index contributed by atoms with van der Waals surface area (Å²) in [7, 11) is 2.12. The average molecular weight is 369 g/mol. The first kappa shape index (κ1) is 18.1. The van der Waals surface area contributed by atoms with Crippen LogP contribution < -0.4 is 0 Å². The van der Waals surface area contributed by atoms with Crippen molar-refractivity contribution in [3.05, 3.63) is 41.7 Å². The number of benzene rings is 1. The summed E-state index contributed by atoms with van der Waals surface area (Å²) in [6, 6.07) is 10.6. The third kappa shape index (κ3) is 4.17. The lowest BCUT2D eigenvalue weighted by Crippen LogP contribution is -2.50. The fourth-order valence-corrected chi connectivity index (χ4v) is 3.96. The van der Waals surface area contributed by atoms with E-state index in [0.717, 1.165) is 38.5 Å². The highest BCUT2D eigenvalue weighted by Gasteiger charge is 2.29. The van der Waals surface area contributed by atoms with Gasteiger partial charge >= 0.3 is 0 Å². The zero-order valence-electron chi connectivity index (χ0n) is 15.9. The molecule has 2 aliphatic rings. The van der Waals surface area contributed by atoms with Gasteiger partial charge in [-0.2, -0.15) is 0 Å². The van der Waals surface area contributed by atoms with E-state index in [1.54, 1.807) is 4.68 Å². The molecule has 2 fully saturated rings. The molecule has 0 spiro atoms. The van der Waals surface area contributed by atoms with Crippen molar-refractivity contribution >= 4 is 5.91 Å². The molecule has 8 nitrogen and oxygen atoms in total. The molecule has 3 heterocycles. The van der Waals surface area contributed by atoms with Gasteiger partial charge in [-0.15, -0.1) is 5.10 Å². The number of amides is 1. The van der Waals surface area contributed by atoms with E-state index in [1.807, 2.05) is 11.0 Å². The van der Waals surface area contributed by atoms with Crippen LogP contribution in [0.3, 0.4) is 0 Å². The number of piperazine rings is 1. The highest BCUT2D eigenvalue weighted by atomic mass is 16.2. The first-order chi connectivity index (χ1) is 13.2. The van der Waals surface area contributed by atoms with Crippen molar-refractivity contribution in [3.8, 4) is 0 Å². The number of carbonyl (C=O) groups excluding carboxylic acids is 1. The Balaban J connectivity index is 1.40. The molecule has 0 N–H and O–H groups in total. The Kier molecular flexibility index (Phi) is 5.45. The van der Waals surface area contributed by atoms with E-state index in [4.69, 9.17) is 0 Å². The topological polar surface area (TPSA) is 70.4 Å². The van der Waals surface area contributed by atoms with Crippen molar-refractivity contribution in [1.82, 2.24) is 34.9 Å². The van der Waals surface area contributed by atoms with E-state index >= 15 is 0 Å². The Morgan fingerprint density at radius 2 is 1.89 bits per heavy atom. The zero-order valence-corrected chi connectivity index (χ0v) is 15.9. The summed E-state index contributed by atoms with van der Waals surface area (Å²) in [6.45, 7) is 5.39. The Labute approximate surface area is 159 Å². The van der Waals surface area contributed by atoms with Gasteiger partial charge in [-0.1, -0.05) is 30.3 Å². The van der Waals surface area contributed by atoms with Gasteiger partial charge in [0.1, 0.15) is 6.54 Å². The van der Waals surface area contributed by atoms with E-state index in [0.29, 0.717) is 6.54 Å². The third-order valence-corrected chi connectivity index (χ3v) is 5.64. The molecule has 2 saturated heterocycles. The molecule has 1 atom stereocenters. The lowest BCUT2D eigenvalue weighted by Gasteiger charge is -2.39. The maximum Gasteiger partial charge on any atom is 0.244 e. The van der Waals surface area contributed by atoms with Crippen LogP contribution in [0.5, 0.6) is 0 Å². The van der Waals surface area contributed by atoms with E-state index < -0.39 is 0 Å². The third-order valence-electron chi connectivity index (χ3n) is 5.64. The van der Waals surface area contributed by atoms with Crippen LogP contribution in [-0.2, 0) is 17.9 Å². The highest BCUT2D eigenvalue weighted by Crippen LogP contribution is 2.24. The molecule has 4 rings (SSSR count). The number of likely N-dealkylation sites (tertiary alicyclic amines) is 1. The minimum absolute atomic E-state index is 0.0824. The molecule has 2 aliphatic heterocycles. The first-order valence-electron chi connectivity index (χ1n) is 9.71. The van der Waals surface area contributed by atoms with Crippen molar-refractivity contribution in [3.63, 3.8) is 0 Å². The monoisotopic (exact) mass is 369 g/mol. The summed E-state index contributed by atoms with van der Waals surface area (Å²) in [5, 5.41) is 12.0. The number of hydrogen-bond acceptors (Lipinski definition) is 6. The second-order valence-corrected chi connectivity index (χ2v) is 7.48. The van der Waals surface area contributed by atoms with Gasteiger partial charge in [0, 0.05) is 19.6 Å². The van der Waals surface area contributed by atoms with Gasteiger partial charge in [-0.25, -0.2) is 4.68 Å². The van der Waals surface area contributed by atoms with Crippen LogP contribution in [-0.4, -0.2) is 80.6 Å². The van der Waals surface area contributed by atoms with Crippen LogP contribution >= 0.6 is 0 Å². The Bertz CT molecular complexity index is 756. The Hall–Kier alpha value is -2.32. The van der Waals surface area contributed by atoms with Crippen molar-refractivity contribution in [1.29, 1.82) is 0 Å². The number of hydrogen-bond donors (Lipinski definition) is 0. The van der Waals surface area contributed by atoms with Gasteiger partial charge in [0.2, 0.25) is 5.91 Å². The maximum atomic E-state index is 12.9. The molecule has 144 valence electrons. The standard InChI is InChI=1S/C19H27N7O/c1-23-11-12-25(13-17(23)16-7-3-2-4-8-16)19(27)15-26-18(20-21-22-26)14-24-9-5-6-10-24/h2-4,7-8,17H,5-6,9-15H2,1H3. The summed E-state index contributed by atoms with van der Waals surface area (Å²) in [5.74, 6) is 0.859. The molecule has 27 heavy (non-hydrogen) atoms. The van der Waals surface area contributed by atoms with Gasteiger partial charge < -0.3 is 4.90 Å². The highest BCUT2D eigenvalue weighted by molar-refractivity contribution is 5.76. The fourth-order valence-electron chi connectivity index (χ4n) is 3.96. The molecule has 2 aromatic rings. The van der Waals surface area contributed by atoms with Crippen molar-refractivity contribution in [2.24, 2.45) is 0 Å². The quantitative estimate of drug-likeness (QED) is 0.776. The van der Waals surface area contributed by atoms with E-state index in [2.05, 4.69) is 56.6 Å².